The number of hydrogen-bond acceptors (Lipinski definition) is 4. The van der Waals surface area contributed by atoms with E-state index in [0.29, 0.717) is 16.3 Å². The van der Waals surface area contributed by atoms with E-state index in [1.54, 1.807) is 36.5 Å². The molecular formula is C30H30BrClIN3O4. The molecule has 4 rings (SSSR count). The number of aromatic nitrogens is 1. The van der Waals surface area contributed by atoms with Gasteiger partial charge in [0.2, 0.25) is 0 Å². The molecule has 0 saturated carbocycles. The molecule has 0 radical (unpaired) electrons. The van der Waals surface area contributed by atoms with Crippen LogP contribution in [0.25, 0.3) is 10.8 Å². The van der Waals surface area contributed by atoms with Crippen LogP contribution in [0, 0.1) is 0 Å². The Morgan fingerprint density at radius 1 is 1.00 bits per heavy atom. The fourth-order valence-electron chi connectivity index (χ4n) is 4.11. The average Bonchev–Trinajstić information content (AvgIpc) is 2.94. The van der Waals surface area contributed by atoms with Crippen molar-refractivity contribution >= 4 is 56.0 Å². The number of benzene rings is 3. The maximum absolute atomic E-state index is 13.1. The summed E-state index contributed by atoms with van der Waals surface area (Å²) in [6.07, 6.45) is 4.14. The van der Waals surface area contributed by atoms with Crippen LogP contribution in [0.1, 0.15) is 23.7 Å². The number of nitrogens with zero attached hydrogens (tertiary/aromatic N) is 2. The lowest BCUT2D eigenvalue weighted by molar-refractivity contribution is -0.697. The zero-order chi connectivity index (χ0) is 27.6. The Kier molecular flexibility index (Phi) is 12.5. The maximum atomic E-state index is 13.1. The van der Waals surface area contributed by atoms with Gasteiger partial charge in [0.15, 0.2) is 12.4 Å². The summed E-state index contributed by atoms with van der Waals surface area (Å²) in [5.74, 6) is 0.503. The van der Waals surface area contributed by atoms with Crippen LogP contribution < -0.4 is 43.5 Å². The van der Waals surface area contributed by atoms with Crippen molar-refractivity contribution < 1.29 is 47.6 Å². The van der Waals surface area contributed by atoms with E-state index in [1.165, 1.54) is 4.90 Å². The van der Waals surface area contributed by atoms with E-state index in [4.69, 9.17) is 21.1 Å². The number of carbonyl (C=O) groups excluding carboxylic acids is 2. The molecular weight excluding hydrogens is 709 g/mol. The molecule has 0 spiro atoms. The summed E-state index contributed by atoms with van der Waals surface area (Å²) in [5.41, 5.74) is 1.15. The largest absolute Gasteiger partial charge is 1.00 e. The molecule has 0 aliphatic carbocycles. The van der Waals surface area contributed by atoms with E-state index in [9.17, 15) is 9.59 Å². The number of anilines is 1. The van der Waals surface area contributed by atoms with E-state index < -0.39 is 6.09 Å². The van der Waals surface area contributed by atoms with Gasteiger partial charge in [0.25, 0.3) is 5.91 Å². The minimum Gasteiger partial charge on any atom is -1.00 e. The second kappa shape index (κ2) is 15.8. The summed E-state index contributed by atoms with van der Waals surface area (Å²) in [6.45, 7) is 3.58. The number of halogens is 3. The maximum Gasteiger partial charge on any atom is 0.414 e. The highest BCUT2D eigenvalue weighted by Gasteiger charge is 2.18. The van der Waals surface area contributed by atoms with Crippen LogP contribution in [-0.4, -0.2) is 38.3 Å². The fraction of sp³-hybridized carbons (Fsp3) is 0.233. The minimum absolute atomic E-state index is 0. The van der Waals surface area contributed by atoms with Crippen LogP contribution in [0.15, 0.2) is 89.7 Å². The first-order chi connectivity index (χ1) is 18.9. The molecule has 1 heterocycles. The number of nitrogens with one attached hydrogen (secondary N) is 1. The van der Waals surface area contributed by atoms with E-state index in [1.807, 2.05) is 53.2 Å². The standard InChI is InChI=1S/C30H29BrClN3O4.HI/c1-2-15-34-20-23(19-24(31)21-34)29(36)33-14-17-39-30(37)35(26-12-10-25(32)11-13-26)16-18-38-28-9-5-7-22-6-3-4-8-27(22)28;/h3-13,19-21H,2,14-18H2,1H3;1H. The average molecular weight is 739 g/mol. The van der Waals surface area contributed by atoms with E-state index in [-0.39, 0.29) is 56.2 Å². The first-order valence-electron chi connectivity index (χ1n) is 12.7. The summed E-state index contributed by atoms with van der Waals surface area (Å²) < 4.78 is 14.3. The molecule has 0 aliphatic rings. The molecule has 210 valence electrons. The van der Waals surface area contributed by atoms with Crippen LogP contribution in [0.4, 0.5) is 10.5 Å². The molecule has 0 saturated heterocycles. The predicted octanol–water partition coefficient (Wildman–Crippen LogP) is 3.41. The molecule has 1 aromatic heterocycles. The fourth-order valence-corrected chi connectivity index (χ4v) is 4.74. The molecule has 0 bridgehead atoms. The van der Waals surface area contributed by atoms with E-state index in [2.05, 4.69) is 28.2 Å². The molecule has 0 unspecified atom stereocenters. The first kappa shape index (κ1) is 31.6. The Bertz CT molecular complexity index is 1430. The molecule has 0 atom stereocenters. The van der Waals surface area contributed by atoms with Gasteiger partial charge in [-0.25, -0.2) is 9.36 Å². The van der Waals surface area contributed by atoms with Crippen molar-refractivity contribution in [1.29, 1.82) is 0 Å². The van der Waals surface area contributed by atoms with Gasteiger partial charge in [-0.1, -0.05) is 54.9 Å². The highest BCUT2D eigenvalue weighted by atomic mass is 127. The number of amides is 2. The molecule has 0 aliphatic heterocycles. The third-order valence-corrected chi connectivity index (χ3v) is 6.61. The minimum atomic E-state index is -0.545. The quantitative estimate of drug-likeness (QED) is 0.146. The Morgan fingerprint density at radius 2 is 1.75 bits per heavy atom. The molecule has 40 heavy (non-hydrogen) atoms. The van der Waals surface area contributed by atoms with Gasteiger partial charge in [-0.05, 0) is 57.7 Å². The Hall–Kier alpha value is -2.89. The molecule has 4 aromatic rings. The van der Waals surface area contributed by atoms with Gasteiger partial charge in [-0.3, -0.25) is 9.69 Å². The van der Waals surface area contributed by atoms with Crippen molar-refractivity contribution in [3.8, 4) is 5.75 Å². The number of aryl methyl sites for hydroxylation is 1. The summed E-state index contributed by atoms with van der Waals surface area (Å²) in [5, 5.41) is 5.45. The molecule has 10 heteroatoms. The van der Waals surface area contributed by atoms with Gasteiger partial charge in [0, 0.05) is 22.5 Å². The summed E-state index contributed by atoms with van der Waals surface area (Å²) >= 11 is 9.50. The summed E-state index contributed by atoms with van der Waals surface area (Å²) in [4.78, 5) is 27.2. The monoisotopic (exact) mass is 737 g/mol. The van der Waals surface area contributed by atoms with Crippen LogP contribution in [0.5, 0.6) is 5.75 Å². The Labute approximate surface area is 264 Å². The lowest BCUT2D eigenvalue weighted by Gasteiger charge is -2.23. The normalized spacial score (nSPS) is 10.5. The van der Waals surface area contributed by atoms with Crippen molar-refractivity contribution in [2.24, 2.45) is 0 Å². The smallest absolute Gasteiger partial charge is 0.414 e. The number of rotatable bonds is 11. The second-order valence-electron chi connectivity index (χ2n) is 8.80. The first-order valence-corrected chi connectivity index (χ1v) is 13.9. The molecule has 1 N–H and O–H groups in total. The van der Waals surface area contributed by atoms with Gasteiger partial charge in [-0.15, -0.1) is 0 Å². The highest BCUT2D eigenvalue weighted by Crippen LogP contribution is 2.25. The van der Waals surface area contributed by atoms with Gasteiger partial charge in [0.05, 0.1) is 17.6 Å². The third-order valence-electron chi connectivity index (χ3n) is 5.93. The number of ether oxygens (including phenoxy) is 2. The Balaban J connectivity index is 0.00000441. The Morgan fingerprint density at radius 3 is 2.52 bits per heavy atom. The van der Waals surface area contributed by atoms with Crippen LogP contribution >= 0.6 is 27.5 Å². The van der Waals surface area contributed by atoms with Gasteiger partial charge < -0.3 is 38.8 Å². The van der Waals surface area contributed by atoms with Gasteiger partial charge in [-0.2, -0.15) is 0 Å². The number of carbonyl (C=O) groups is 2. The van der Waals surface area contributed by atoms with Crippen molar-refractivity contribution in [2.75, 3.05) is 31.2 Å². The zero-order valence-corrected chi connectivity index (χ0v) is 26.5. The summed E-state index contributed by atoms with van der Waals surface area (Å²) in [6, 6.07) is 22.5. The summed E-state index contributed by atoms with van der Waals surface area (Å²) in [7, 11) is 0. The SMILES string of the molecule is CCC[n+]1cc(Br)cc(C(=O)NCCOC(=O)N(CCOc2cccc3ccccc23)c2ccc(Cl)cc2)c1.[I-]. The lowest BCUT2D eigenvalue weighted by Crippen LogP contribution is -3.00. The highest BCUT2D eigenvalue weighted by molar-refractivity contribution is 9.10. The number of fused-ring (bicyclic) bond motifs is 1. The van der Waals surface area contributed by atoms with Gasteiger partial charge in [0.1, 0.15) is 31.1 Å². The van der Waals surface area contributed by atoms with Crippen molar-refractivity contribution in [3.05, 3.63) is 100 Å². The molecule has 0 fully saturated rings. The third kappa shape index (κ3) is 8.81. The van der Waals surface area contributed by atoms with Crippen molar-refractivity contribution in [1.82, 2.24) is 5.32 Å². The van der Waals surface area contributed by atoms with E-state index >= 15 is 0 Å². The predicted molar refractivity (Wildman–Crippen MR) is 157 cm³/mol. The molecule has 7 nitrogen and oxygen atoms in total. The van der Waals surface area contributed by atoms with E-state index in [0.717, 1.165) is 34.0 Å². The number of hydrogen-bond donors (Lipinski definition) is 1. The topological polar surface area (TPSA) is 71.8 Å². The second-order valence-corrected chi connectivity index (χ2v) is 10.2. The van der Waals surface area contributed by atoms with Crippen molar-refractivity contribution in [2.45, 2.75) is 19.9 Å². The van der Waals surface area contributed by atoms with Crippen LogP contribution in [-0.2, 0) is 11.3 Å². The molecule has 3 aromatic carbocycles. The zero-order valence-electron chi connectivity index (χ0n) is 22.0. The lowest BCUT2D eigenvalue weighted by atomic mass is 10.1. The van der Waals surface area contributed by atoms with Gasteiger partial charge >= 0.3 is 6.09 Å². The molecule has 2 amide bonds. The van der Waals surface area contributed by atoms with Crippen LogP contribution in [0.2, 0.25) is 5.02 Å². The van der Waals surface area contributed by atoms with Crippen molar-refractivity contribution in [3.63, 3.8) is 0 Å². The van der Waals surface area contributed by atoms with Crippen LogP contribution in [0.3, 0.4) is 0 Å². The number of pyridine rings is 1.